The van der Waals surface area contributed by atoms with Crippen LogP contribution in [0.2, 0.25) is 0 Å². The number of urea groups is 1. The molecule has 1 fully saturated rings. The van der Waals surface area contributed by atoms with Crippen LogP contribution < -0.4 is 21.3 Å². The molecule has 0 bridgehead atoms. The third kappa shape index (κ3) is 6.69. The first-order valence-corrected chi connectivity index (χ1v) is 14.2. The summed E-state index contributed by atoms with van der Waals surface area (Å²) in [5.41, 5.74) is 0.339. The van der Waals surface area contributed by atoms with Crippen LogP contribution in [0, 0.1) is 12.7 Å². The quantitative estimate of drug-likeness (QED) is 0.278. The summed E-state index contributed by atoms with van der Waals surface area (Å²) in [5.74, 6) is 0.107. The summed E-state index contributed by atoms with van der Waals surface area (Å²) in [6.45, 7) is 3.99. The summed E-state index contributed by atoms with van der Waals surface area (Å²) in [7, 11) is 3.06. The highest BCUT2D eigenvalue weighted by Gasteiger charge is 2.23. The van der Waals surface area contributed by atoms with Crippen LogP contribution in [0.1, 0.15) is 17.5 Å². The number of hydrogen-bond acceptors (Lipinski definition) is 9. The lowest BCUT2D eigenvalue weighted by Gasteiger charge is -2.27. The number of carbonyl (C=O) groups excluding carboxylic acids is 1. The standard InChI is InChI=1S/C24H26FN7O4S.C3H8O2/c1-15-19-20(33)30(13-12-29-10-3-7-26-23(29)34)24(35)31(22(19)37-21(15)32-27-8-9-28-32)11-6-16-14-17(25)4-5-18(16)36-2;1-5-3-2-4/h4-5,8-9,14H,3,6-7,10-13H2,1-2H3,(H,26,34);4H,2-3H2,1H3. The fraction of sp³-hybridized carbons (Fsp3) is 0.444. The predicted molar refractivity (Wildman–Crippen MR) is 155 cm³/mol. The van der Waals surface area contributed by atoms with Gasteiger partial charge in [0, 0.05) is 45.4 Å². The Labute approximate surface area is 244 Å². The molecule has 3 aromatic heterocycles. The van der Waals surface area contributed by atoms with E-state index in [-0.39, 0.29) is 32.3 Å². The number of thiophene rings is 1. The van der Waals surface area contributed by atoms with Crippen LogP contribution in [-0.4, -0.2) is 87.2 Å². The zero-order valence-electron chi connectivity index (χ0n) is 23.7. The molecule has 15 heteroatoms. The van der Waals surface area contributed by atoms with Gasteiger partial charge in [-0.3, -0.25) is 13.9 Å². The van der Waals surface area contributed by atoms with Crippen molar-refractivity contribution in [3.05, 3.63) is 68.4 Å². The van der Waals surface area contributed by atoms with Crippen molar-refractivity contribution in [1.29, 1.82) is 0 Å². The lowest BCUT2D eigenvalue weighted by Crippen LogP contribution is -2.49. The van der Waals surface area contributed by atoms with Crippen LogP contribution >= 0.6 is 11.3 Å². The molecule has 0 atom stereocenters. The minimum absolute atomic E-state index is 0.0505. The van der Waals surface area contributed by atoms with Crippen LogP contribution in [0.5, 0.6) is 5.75 Å². The van der Waals surface area contributed by atoms with Gasteiger partial charge >= 0.3 is 11.7 Å². The molecule has 0 aliphatic carbocycles. The number of halogens is 1. The van der Waals surface area contributed by atoms with E-state index in [2.05, 4.69) is 20.3 Å². The number of rotatable bonds is 10. The van der Waals surface area contributed by atoms with Crippen molar-refractivity contribution in [2.45, 2.75) is 32.9 Å². The number of ether oxygens (including phenoxy) is 2. The second-order valence-electron chi connectivity index (χ2n) is 9.42. The molecule has 226 valence electrons. The van der Waals surface area contributed by atoms with Gasteiger partial charge in [0.05, 0.1) is 38.1 Å². The number of hydrogen-bond donors (Lipinski definition) is 2. The molecule has 1 aromatic carbocycles. The number of aryl methyl sites for hydroxylation is 3. The third-order valence-corrected chi connectivity index (χ3v) is 8.05. The molecule has 0 radical (unpaired) electrons. The summed E-state index contributed by atoms with van der Waals surface area (Å²) in [6.07, 6.45) is 4.17. The first kappa shape index (κ1) is 30.9. The lowest BCUT2D eigenvalue weighted by molar-refractivity contribution is 0.135. The fourth-order valence-electron chi connectivity index (χ4n) is 4.67. The number of amides is 2. The molecule has 1 aliphatic heterocycles. The van der Waals surface area contributed by atoms with E-state index in [1.165, 1.54) is 56.9 Å². The SMILES string of the molecule is COCCO.COc1ccc(F)cc1CCn1c(=O)n(CCN2CCCNC2=O)c(=O)c2c(C)c(-n3nccn3)sc21. The molecular weight excluding hydrogens is 569 g/mol. The number of nitrogens with zero attached hydrogens (tertiary/aromatic N) is 6. The first-order chi connectivity index (χ1) is 20.3. The second kappa shape index (κ2) is 14.2. The van der Waals surface area contributed by atoms with Gasteiger partial charge in [-0.2, -0.15) is 10.2 Å². The predicted octanol–water partition coefficient (Wildman–Crippen LogP) is 1.54. The molecule has 5 rings (SSSR count). The Balaban J connectivity index is 0.000000748. The van der Waals surface area contributed by atoms with Gasteiger partial charge in [-0.05, 0) is 43.5 Å². The van der Waals surface area contributed by atoms with E-state index in [1.807, 2.05) is 0 Å². The molecule has 0 spiro atoms. The van der Waals surface area contributed by atoms with Crippen molar-refractivity contribution in [3.8, 4) is 10.8 Å². The van der Waals surface area contributed by atoms with Gasteiger partial charge in [-0.1, -0.05) is 11.3 Å². The maximum absolute atomic E-state index is 14.0. The average Bonchev–Trinajstić information content (AvgIpc) is 3.63. The minimum Gasteiger partial charge on any atom is -0.496 e. The maximum Gasteiger partial charge on any atom is 0.332 e. The second-order valence-corrected chi connectivity index (χ2v) is 10.4. The zero-order valence-corrected chi connectivity index (χ0v) is 24.5. The number of fused-ring (bicyclic) bond motifs is 1. The molecule has 42 heavy (non-hydrogen) atoms. The monoisotopic (exact) mass is 603 g/mol. The Bertz CT molecular complexity index is 1630. The normalized spacial score (nSPS) is 13.2. The van der Waals surface area contributed by atoms with Gasteiger partial charge in [0.1, 0.15) is 21.4 Å². The van der Waals surface area contributed by atoms with Crippen LogP contribution in [0.4, 0.5) is 9.18 Å². The largest absolute Gasteiger partial charge is 0.496 e. The molecule has 2 amide bonds. The van der Waals surface area contributed by atoms with Gasteiger partial charge in [0.2, 0.25) is 0 Å². The molecule has 1 saturated heterocycles. The topological polar surface area (TPSA) is 146 Å². The molecule has 0 saturated carbocycles. The van der Waals surface area contributed by atoms with Crippen molar-refractivity contribution in [2.24, 2.45) is 0 Å². The van der Waals surface area contributed by atoms with E-state index in [4.69, 9.17) is 9.84 Å². The Kier molecular flexibility index (Phi) is 10.4. The Hall–Kier alpha value is -4.08. The summed E-state index contributed by atoms with van der Waals surface area (Å²) in [6, 6.07) is 4.03. The molecule has 2 N–H and O–H groups in total. The smallest absolute Gasteiger partial charge is 0.332 e. The van der Waals surface area contributed by atoms with E-state index >= 15 is 0 Å². The first-order valence-electron chi connectivity index (χ1n) is 13.4. The summed E-state index contributed by atoms with van der Waals surface area (Å²) < 4.78 is 26.5. The summed E-state index contributed by atoms with van der Waals surface area (Å²) in [4.78, 5) is 43.0. The minimum atomic E-state index is -0.494. The summed E-state index contributed by atoms with van der Waals surface area (Å²) >= 11 is 1.25. The molecule has 13 nitrogen and oxygen atoms in total. The Morgan fingerprint density at radius 1 is 1.10 bits per heavy atom. The van der Waals surface area contributed by atoms with Crippen LogP contribution in [0.25, 0.3) is 15.2 Å². The number of aliphatic hydroxyl groups excluding tert-OH is 1. The van der Waals surface area contributed by atoms with Crippen LogP contribution in [-0.2, 0) is 24.2 Å². The van der Waals surface area contributed by atoms with Crippen LogP contribution in [0.3, 0.4) is 0 Å². The zero-order chi connectivity index (χ0) is 30.2. The number of aromatic nitrogens is 5. The number of carbonyl (C=O) groups is 1. The van der Waals surface area contributed by atoms with Crippen molar-refractivity contribution < 1.29 is 23.8 Å². The van der Waals surface area contributed by atoms with E-state index in [1.54, 1.807) is 25.0 Å². The third-order valence-electron chi connectivity index (χ3n) is 6.77. The van der Waals surface area contributed by atoms with E-state index in [9.17, 15) is 18.8 Å². The number of methoxy groups -OCH3 is 2. The molecule has 1 aliphatic rings. The fourth-order valence-corrected chi connectivity index (χ4v) is 5.90. The average molecular weight is 604 g/mol. The van der Waals surface area contributed by atoms with Gasteiger partial charge in [-0.15, -0.1) is 4.80 Å². The van der Waals surface area contributed by atoms with Crippen LogP contribution in [0.15, 0.2) is 40.2 Å². The molecule has 4 aromatic rings. The van der Waals surface area contributed by atoms with Gasteiger partial charge in [0.15, 0.2) is 0 Å². The van der Waals surface area contributed by atoms with Gasteiger partial charge < -0.3 is 24.8 Å². The highest BCUT2D eigenvalue weighted by atomic mass is 32.1. The summed E-state index contributed by atoms with van der Waals surface area (Å²) in [5, 5.41) is 20.1. The molecular formula is C27H34FN7O6S. The van der Waals surface area contributed by atoms with Crippen molar-refractivity contribution >= 4 is 27.6 Å². The van der Waals surface area contributed by atoms with Crippen molar-refractivity contribution in [1.82, 2.24) is 34.3 Å². The highest BCUT2D eigenvalue weighted by molar-refractivity contribution is 7.21. The lowest BCUT2D eigenvalue weighted by atomic mass is 10.1. The van der Waals surface area contributed by atoms with Gasteiger partial charge in [-0.25, -0.2) is 14.0 Å². The molecule has 4 heterocycles. The number of benzene rings is 1. The maximum atomic E-state index is 14.0. The van der Waals surface area contributed by atoms with E-state index in [0.29, 0.717) is 58.2 Å². The van der Waals surface area contributed by atoms with Crippen molar-refractivity contribution in [2.75, 3.05) is 47.1 Å². The number of nitrogens with one attached hydrogen (secondary N) is 1. The van der Waals surface area contributed by atoms with Crippen molar-refractivity contribution in [3.63, 3.8) is 0 Å². The Morgan fingerprint density at radius 3 is 2.50 bits per heavy atom. The Morgan fingerprint density at radius 2 is 1.86 bits per heavy atom. The van der Waals surface area contributed by atoms with E-state index < -0.39 is 17.1 Å². The van der Waals surface area contributed by atoms with Gasteiger partial charge in [0.25, 0.3) is 5.56 Å². The number of aliphatic hydroxyl groups is 1. The highest BCUT2D eigenvalue weighted by Crippen LogP contribution is 2.30. The molecule has 0 unspecified atom stereocenters. The van der Waals surface area contributed by atoms with E-state index in [0.717, 1.165) is 6.42 Å².